The summed E-state index contributed by atoms with van der Waals surface area (Å²) in [5, 5.41) is 6.67. The summed E-state index contributed by atoms with van der Waals surface area (Å²) in [7, 11) is 1.44. The summed E-state index contributed by atoms with van der Waals surface area (Å²) in [5.41, 5.74) is 2.52. The zero-order valence-electron chi connectivity index (χ0n) is 15.9. The van der Waals surface area contributed by atoms with Crippen LogP contribution >= 0.6 is 0 Å². The number of ether oxygens (including phenoxy) is 1. The Hall–Kier alpha value is -3.81. The van der Waals surface area contributed by atoms with Crippen LogP contribution in [0.2, 0.25) is 0 Å². The second kappa shape index (κ2) is 7.90. The van der Waals surface area contributed by atoms with E-state index >= 15 is 0 Å². The van der Waals surface area contributed by atoms with Crippen molar-refractivity contribution >= 4 is 33.8 Å². The number of fused-ring (bicyclic) bond motifs is 1. The first kappa shape index (κ1) is 19.5. The van der Waals surface area contributed by atoms with Crippen molar-refractivity contribution in [3.05, 3.63) is 78.6 Å². The summed E-state index contributed by atoms with van der Waals surface area (Å²) in [6.45, 7) is 0. The molecule has 5 nitrogen and oxygen atoms in total. The monoisotopic (exact) mass is 410 g/mol. The van der Waals surface area contributed by atoms with Crippen LogP contribution in [0.1, 0.15) is 5.82 Å². The van der Waals surface area contributed by atoms with Crippen molar-refractivity contribution in [2.24, 2.45) is 0 Å². The lowest BCUT2D eigenvalue weighted by Gasteiger charge is -2.13. The Balaban J connectivity index is 1.65. The standard InChI is InChI=1S/C22H17F3N4O/c1-30-17-11-12-18-19(13-17)28-21(22(23,24)25)29-20(18)27-16-9-7-15(8-10-16)26-14-5-3-2-4-6-14/h2-13,26H,1H3,(H,27,28,29). The molecular weight excluding hydrogens is 393 g/mol. The van der Waals surface area contributed by atoms with Crippen LogP contribution in [0.4, 0.5) is 36.1 Å². The average molecular weight is 410 g/mol. The van der Waals surface area contributed by atoms with Gasteiger partial charge < -0.3 is 15.4 Å². The molecule has 0 aliphatic carbocycles. The van der Waals surface area contributed by atoms with Gasteiger partial charge >= 0.3 is 6.18 Å². The highest BCUT2D eigenvalue weighted by molar-refractivity contribution is 5.91. The number of halogens is 3. The molecule has 152 valence electrons. The van der Waals surface area contributed by atoms with Gasteiger partial charge in [0.1, 0.15) is 11.6 Å². The van der Waals surface area contributed by atoms with Gasteiger partial charge in [0, 0.05) is 28.5 Å². The summed E-state index contributed by atoms with van der Waals surface area (Å²) in [4.78, 5) is 7.36. The van der Waals surface area contributed by atoms with Crippen LogP contribution in [0.25, 0.3) is 10.9 Å². The molecule has 0 aliphatic rings. The smallest absolute Gasteiger partial charge is 0.451 e. The predicted molar refractivity (Wildman–Crippen MR) is 111 cm³/mol. The van der Waals surface area contributed by atoms with Gasteiger partial charge in [-0.15, -0.1) is 0 Å². The number of anilines is 4. The molecule has 0 amide bonds. The molecule has 0 radical (unpaired) electrons. The molecule has 0 fully saturated rings. The Morgan fingerprint density at radius 3 is 2.03 bits per heavy atom. The second-order valence-corrected chi connectivity index (χ2v) is 6.47. The minimum absolute atomic E-state index is 0.0683. The van der Waals surface area contributed by atoms with Crippen molar-refractivity contribution in [3.63, 3.8) is 0 Å². The van der Waals surface area contributed by atoms with E-state index in [0.29, 0.717) is 16.8 Å². The van der Waals surface area contributed by atoms with Crippen LogP contribution < -0.4 is 15.4 Å². The van der Waals surface area contributed by atoms with Crippen LogP contribution in [0, 0.1) is 0 Å². The van der Waals surface area contributed by atoms with E-state index in [1.807, 2.05) is 42.5 Å². The van der Waals surface area contributed by atoms with E-state index in [4.69, 9.17) is 4.74 Å². The van der Waals surface area contributed by atoms with E-state index in [1.54, 1.807) is 24.3 Å². The topological polar surface area (TPSA) is 59.1 Å². The third kappa shape index (κ3) is 4.27. The number of para-hydroxylation sites is 1. The number of rotatable bonds is 5. The molecule has 1 aromatic heterocycles. The first-order chi connectivity index (χ1) is 14.4. The maximum atomic E-state index is 13.3. The van der Waals surface area contributed by atoms with Gasteiger partial charge in [0.15, 0.2) is 0 Å². The predicted octanol–water partition coefficient (Wildman–Crippen LogP) is 6.14. The van der Waals surface area contributed by atoms with Crippen molar-refractivity contribution in [1.82, 2.24) is 9.97 Å². The Labute approximate surface area is 170 Å². The van der Waals surface area contributed by atoms with Crippen LogP contribution in [0.5, 0.6) is 5.75 Å². The summed E-state index contributed by atoms with van der Waals surface area (Å²) < 4.78 is 45.0. The Morgan fingerprint density at radius 1 is 0.767 bits per heavy atom. The number of methoxy groups -OCH3 is 1. The Bertz CT molecular complexity index is 1160. The van der Waals surface area contributed by atoms with E-state index in [9.17, 15) is 13.2 Å². The summed E-state index contributed by atoms with van der Waals surface area (Å²) >= 11 is 0. The van der Waals surface area contributed by atoms with Crippen LogP contribution in [0.15, 0.2) is 72.8 Å². The molecule has 0 aliphatic heterocycles. The van der Waals surface area contributed by atoms with Gasteiger partial charge in [-0.3, -0.25) is 0 Å². The normalized spacial score (nSPS) is 11.3. The molecule has 2 N–H and O–H groups in total. The molecule has 1 heterocycles. The first-order valence-corrected chi connectivity index (χ1v) is 9.04. The molecule has 4 aromatic rings. The number of alkyl halides is 3. The van der Waals surface area contributed by atoms with E-state index < -0.39 is 12.0 Å². The molecule has 0 saturated carbocycles. The fourth-order valence-corrected chi connectivity index (χ4v) is 2.92. The van der Waals surface area contributed by atoms with Gasteiger partial charge in [-0.25, -0.2) is 9.97 Å². The number of hydrogen-bond donors (Lipinski definition) is 2. The Kier molecular flexibility index (Phi) is 5.14. The largest absolute Gasteiger partial charge is 0.497 e. The minimum Gasteiger partial charge on any atom is -0.497 e. The fraction of sp³-hybridized carbons (Fsp3) is 0.0909. The summed E-state index contributed by atoms with van der Waals surface area (Å²) in [6.07, 6.45) is -4.67. The zero-order chi connectivity index (χ0) is 21.1. The molecular formula is C22H17F3N4O. The van der Waals surface area contributed by atoms with Crippen molar-refractivity contribution in [3.8, 4) is 5.75 Å². The summed E-state index contributed by atoms with van der Waals surface area (Å²) in [5.74, 6) is -0.733. The molecule has 3 aromatic carbocycles. The van der Waals surface area contributed by atoms with Crippen LogP contribution in [0.3, 0.4) is 0 Å². The van der Waals surface area contributed by atoms with E-state index in [2.05, 4.69) is 20.6 Å². The molecule has 0 unspecified atom stereocenters. The fourth-order valence-electron chi connectivity index (χ4n) is 2.92. The molecule has 30 heavy (non-hydrogen) atoms. The van der Waals surface area contributed by atoms with Gasteiger partial charge in [0.05, 0.1) is 12.6 Å². The van der Waals surface area contributed by atoms with Crippen LogP contribution in [-0.4, -0.2) is 17.1 Å². The zero-order valence-corrected chi connectivity index (χ0v) is 15.9. The quantitative estimate of drug-likeness (QED) is 0.414. The Morgan fingerprint density at radius 2 is 1.40 bits per heavy atom. The number of hydrogen-bond acceptors (Lipinski definition) is 5. The van der Waals surface area contributed by atoms with Crippen LogP contribution in [-0.2, 0) is 6.18 Å². The van der Waals surface area contributed by atoms with Gasteiger partial charge in [-0.2, -0.15) is 13.2 Å². The van der Waals surface area contributed by atoms with Crippen molar-refractivity contribution in [2.75, 3.05) is 17.7 Å². The van der Waals surface area contributed by atoms with E-state index in [1.165, 1.54) is 13.2 Å². The number of nitrogens with zero attached hydrogens (tertiary/aromatic N) is 2. The molecule has 0 bridgehead atoms. The molecule has 0 spiro atoms. The number of benzene rings is 3. The molecule has 4 rings (SSSR count). The third-order valence-electron chi connectivity index (χ3n) is 4.37. The van der Waals surface area contributed by atoms with Crippen molar-refractivity contribution in [1.29, 1.82) is 0 Å². The SMILES string of the molecule is COc1ccc2c(Nc3ccc(Nc4ccccc4)cc3)nc(C(F)(F)F)nc2c1. The number of aromatic nitrogens is 2. The van der Waals surface area contributed by atoms with E-state index in [0.717, 1.165) is 11.4 Å². The third-order valence-corrected chi connectivity index (χ3v) is 4.37. The van der Waals surface area contributed by atoms with E-state index in [-0.39, 0.29) is 11.3 Å². The van der Waals surface area contributed by atoms with Gasteiger partial charge in [-0.05, 0) is 48.5 Å². The van der Waals surface area contributed by atoms with Gasteiger partial charge in [0.25, 0.3) is 0 Å². The van der Waals surface area contributed by atoms with Crippen molar-refractivity contribution < 1.29 is 17.9 Å². The second-order valence-electron chi connectivity index (χ2n) is 6.47. The lowest BCUT2D eigenvalue weighted by Crippen LogP contribution is -2.12. The molecule has 8 heteroatoms. The first-order valence-electron chi connectivity index (χ1n) is 9.04. The minimum atomic E-state index is -4.67. The number of nitrogens with one attached hydrogen (secondary N) is 2. The average Bonchev–Trinajstić information content (AvgIpc) is 2.74. The highest BCUT2D eigenvalue weighted by Gasteiger charge is 2.35. The molecule has 0 atom stereocenters. The lowest BCUT2D eigenvalue weighted by molar-refractivity contribution is -0.144. The highest BCUT2D eigenvalue weighted by atomic mass is 19.4. The summed E-state index contributed by atoms with van der Waals surface area (Å²) in [6, 6.07) is 21.5. The lowest BCUT2D eigenvalue weighted by atomic mass is 10.2. The van der Waals surface area contributed by atoms with Crippen molar-refractivity contribution in [2.45, 2.75) is 6.18 Å². The van der Waals surface area contributed by atoms with Gasteiger partial charge in [0.2, 0.25) is 5.82 Å². The van der Waals surface area contributed by atoms with Gasteiger partial charge in [-0.1, -0.05) is 18.2 Å². The highest BCUT2D eigenvalue weighted by Crippen LogP contribution is 2.33. The maximum absolute atomic E-state index is 13.3. The maximum Gasteiger partial charge on any atom is 0.451 e. The molecule has 0 saturated heterocycles.